The molecule has 1 heterocycles. The molecule has 0 aliphatic rings. The summed E-state index contributed by atoms with van der Waals surface area (Å²) in [5.74, 6) is 1.01. The van der Waals surface area contributed by atoms with E-state index in [1.807, 2.05) is 12.1 Å². The second kappa shape index (κ2) is 4.19. The van der Waals surface area contributed by atoms with E-state index >= 15 is 0 Å². The molecule has 0 saturated heterocycles. The molecule has 0 atom stereocenters. The molecule has 0 radical (unpaired) electrons. The maximum absolute atomic E-state index is 5.68. The van der Waals surface area contributed by atoms with Gasteiger partial charge in [0.1, 0.15) is 10.3 Å². The van der Waals surface area contributed by atoms with E-state index in [9.17, 15) is 0 Å². The molecule has 0 aromatic carbocycles. The van der Waals surface area contributed by atoms with Gasteiger partial charge < -0.3 is 0 Å². The number of thioether (sulfide) groups is 1. The van der Waals surface area contributed by atoms with Gasteiger partial charge in [0.2, 0.25) is 0 Å². The third-order valence-corrected chi connectivity index (χ3v) is 2.29. The second-order valence-electron chi connectivity index (χ2n) is 1.88. The van der Waals surface area contributed by atoms with Gasteiger partial charge in [-0.15, -0.1) is 11.8 Å². The summed E-state index contributed by atoms with van der Waals surface area (Å²) in [5, 5.41) is 0.905. The fraction of sp³-hybridized carbons (Fsp3) is 0.286. The lowest BCUT2D eigenvalue weighted by atomic mass is 10.5. The zero-order chi connectivity index (χ0) is 8.27. The minimum atomic E-state index is 0.452. The molecule has 0 amide bonds. The van der Waals surface area contributed by atoms with E-state index in [0.717, 1.165) is 10.6 Å². The molecule has 1 aromatic heterocycles. The lowest BCUT2D eigenvalue weighted by molar-refractivity contribution is 1.26. The first-order valence-corrected chi connectivity index (χ1v) is 4.92. The van der Waals surface area contributed by atoms with Gasteiger partial charge in [0.05, 0.1) is 0 Å². The van der Waals surface area contributed by atoms with Gasteiger partial charge in [-0.25, -0.2) is 4.98 Å². The van der Waals surface area contributed by atoms with Crippen LogP contribution in [-0.4, -0.2) is 10.7 Å². The summed E-state index contributed by atoms with van der Waals surface area (Å²) in [4.78, 5) is 4.90. The van der Waals surface area contributed by atoms with Crippen LogP contribution in [0.2, 0.25) is 10.3 Å². The molecule has 1 aromatic rings. The number of hydrogen-bond acceptors (Lipinski definition) is 2. The van der Waals surface area contributed by atoms with Crippen LogP contribution in [0.15, 0.2) is 17.0 Å². The quantitative estimate of drug-likeness (QED) is 0.544. The van der Waals surface area contributed by atoms with Crippen molar-refractivity contribution < 1.29 is 0 Å². The predicted molar refractivity (Wildman–Crippen MR) is 50.7 cm³/mol. The number of nitrogens with zero attached hydrogens (tertiary/aromatic N) is 1. The van der Waals surface area contributed by atoms with Gasteiger partial charge in [0, 0.05) is 4.90 Å². The van der Waals surface area contributed by atoms with E-state index < -0.39 is 0 Å². The molecule has 60 valence electrons. The third-order valence-electron chi connectivity index (χ3n) is 1.05. The number of halogens is 2. The first-order valence-electron chi connectivity index (χ1n) is 3.18. The predicted octanol–water partition coefficient (Wildman–Crippen LogP) is 3.50. The van der Waals surface area contributed by atoms with Crippen LogP contribution in [0.3, 0.4) is 0 Å². The van der Waals surface area contributed by atoms with E-state index in [-0.39, 0.29) is 0 Å². The first-order chi connectivity index (χ1) is 5.22. The highest BCUT2D eigenvalue weighted by Gasteiger charge is 1.97. The Labute approximate surface area is 80.1 Å². The van der Waals surface area contributed by atoms with Gasteiger partial charge in [-0.05, 0) is 17.9 Å². The molecule has 0 N–H and O–H groups in total. The average molecular weight is 208 g/mol. The van der Waals surface area contributed by atoms with Gasteiger partial charge in [-0.2, -0.15) is 0 Å². The summed E-state index contributed by atoms with van der Waals surface area (Å²) in [6.07, 6.45) is 0. The maximum Gasteiger partial charge on any atom is 0.131 e. The van der Waals surface area contributed by atoms with Crippen molar-refractivity contribution in [2.24, 2.45) is 0 Å². The zero-order valence-corrected chi connectivity index (χ0v) is 8.30. The number of pyridine rings is 1. The molecular weight excluding hydrogens is 201 g/mol. The SMILES string of the molecule is CCSc1cc(Cl)nc(Cl)c1. The lowest BCUT2D eigenvalue weighted by Crippen LogP contribution is -1.79. The van der Waals surface area contributed by atoms with Gasteiger partial charge >= 0.3 is 0 Å². The summed E-state index contributed by atoms with van der Waals surface area (Å²) in [5.41, 5.74) is 0. The Kier molecular flexibility index (Phi) is 3.49. The van der Waals surface area contributed by atoms with Crippen molar-refractivity contribution in [3.63, 3.8) is 0 Å². The summed E-state index contributed by atoms with van der Waals surface area (Å²) < 4.78 is 0. The topological polar surface area (TPSA) is 12.9 Å². The Hall–Kier alpha value is 0.0800. The van der Waals surface area contributed by atoms with Crippen molar-refractivity contribution in [3.8, 4) is 0 Å². The average Bonchev–Trinajstić information content (AvgIpc) is 1.85. The summed E-state index contributed by atoms with van der Waals surface area (Å²) in [7, 11) is 0. The molecule has 0 aliphatic heterocycles. The van der Waals surface area contributed by atoms with Crippen LogP contribution in [0.1, 0.15) is 6.92 Å². The third kappa shape index (κ3) is 2.89. The fourth-order valence-corrected chi connectivity index (χ4v) is 2.01. The van der Waals surface area contributed by atoms with Gasteiger partial charge in [0.25, 0.3) is 0 Å². The Morgan fingerprint density at radius 2 is 1.91 bits per heavy atom. The molecule has 0 unspecified atom stereocenters. The van der Waals surface area contributed by atoms with Crippen molar-refractivity contribution in [2.45, 2.75) is 11.8 Å². The summed E-state index contributed by atoms with van der Waals surface area (Å²) in [6.45, 7) is 2.08. The highest BCUT2D eigenvalue weighted by molar-refractivity contribution is 7.99. The number of aromatic nitrogens is 1. The van der Waals surface area contributed by atoms with Crippen LogP contribution in [0, 0.1) is 0 Å². The van der Waals surface area contributed by atoms with Gasteiger partial charge in [0.15, 0.2) is 0 Å². The lowest BCUT2D eigenvalue weighted by Gasteiger charge is -1.98. The minimum Gasteiger partial charge on any atom is -0.224 e. The van der Waals surface area contributed by atoms with Crippen LogP contribution >= 0.6 is 35.0 Å². The molecule has 11 heavy (non-hydrogen) atoms. The highest BCUT2D eigenvalue weighted by Crippen LogP contribution is 2.23. The van der Waals surface area contributed by atoms with E-state index in [2.05, 4.69) is 11.9 Å². The van der Waals surface area contributed by atoms with Crippen molar-refractivity contribution in [1.82, 2.24) is 4.98 Å². The molecule has 0 spiro atoms. The van der Waals surface area contributed by atoms with Crippen LogP contribution in [-0.2, 0) is 0 Å². The van der Waals surface area contributed by atoms with E-state index in [4.69, 9.17) is 23.2 Å². The molecule has 0 bridgehead atoms. The van der Waals surface area contributed by atoms with E-state index in [1.165, 1.54) is 0 Å². The summed E-state index contributed by atoms with van der Waals surface area (Å²) >= 11 is 13.0. The zero-order valence-electron chi connectivity index (χ0n) is 5.97. The fourth-order valence-electron chi connectivity index (χ4n) is 0.693. The Balaban J connectivity index is 2.89. The van der Waals surface area contributed by atoms with Crippen LogP contribution in [0.5, 0.6) is 0 Å². The maximum atomic E-state index is 5.68. The number of rotatable bonds is 2. The minimum absolute atomic E-state index is 0.452. The smallest absolute Gasteiger partial charge is 0.131 e. The monoisotopic (exact) mass is 207 g/mol. The molecule has 1 nitrogen and oxygen atoms in total. The van der Waals surface area contributed by atoms with E-state index in [1.54, 1.807) is 11.8 Å². The normalized spacial score (nSPS) is 10.1. The van der Waals surface area contributed by atoms with E-state index in [0.29, 0.717) is 10.3 Å². The molecule has 4 heteroatoms. The Morgan fingerprint density at radius 3 is 2.36 bits per heavy atom. The Morgan fingerprint density at radius 1 is 1.36 bits per heavy atom. The molecule has 0 aliphatic carbocycles. The first kappa shape index (κ1) is 9.17. The van der Waals surface area contributed by atoms with Crippen molar-refractivity contribution in [1.29, 1.82) is 0 Å². The van der Waals surface area contributed by atoms with Crippen LogP contribution in [0.25, 0.3) is 0 Å². The summed E-state index contributed by atoms with van der Waals surface area (Å²) in [6, 6.07) is 3.61. The molecule has 1 rings (SSSR count). The van der Waals surface area contributed by atoms with Crippen molar-refractivity contribution in [2.75, 3.05) is 5.75 Å². The van der Waals surface area contributed by atoms with Crippen LogP contribution in [0.4, 0.5) is 0 Å². The second-order valence-corrected chi connectivity index (χ2v) is 3.99. The molecule has 0 fully saturated rings. The van der Waals surface area contributed by atoms with Gasteiger partial charge in [-0.3, -0.25) is 0 Å². The van der Waals surface area contributed by atoms with Gasteiger partial charge in [-0.1, -0.05) is 30.1 Å². The largest absolute Gasteiger partial charge is 0.224 e. The van der Waals surface area contributed by atoms with Crippen molar-refractivity contribution in [3.05, 3.63) is 22.4 Å². The Bertz CT molecular complexity index is 232. The van der Waals surface area contributed by atoms with Crippen molar-refractivity contribution >= 4 is 35.0 Å². The molecule has 0 saturated carbocycles. The standard InChI is InChI=1S/C7H7Cl2NS/c1-2-11-5-3-6(8)10-7(9)4-5/h3-4H,2H2,1H3. The number of hydrogen-bond donors (Lipinski definition) is 0. The highest BCUT2D eigenvalue weighted by atomic mass is 35.5. The molecular formula is C7H7Cl2NS. The van der Waals surface area contributed by atoms with Crippen LogP contribution < -0.4 is 0 Å².